The van der Waals surface area contributed by atoms with E-state index in [1.54, 1.807) is 4.31 Å². The maximum atomic E-state index is 12.5. The van der Waals surface area contributed by atoms with Crippen LogP contribution in [0.4, 0.5) is 0 Å². The highest BCUT2D eigenvalue weighted by atomic mass is 32.2. The Labute approximate surface area is 118 Å². The molecule has 1 saturated heterocycles. The molecule has 0 aromatic carbocycles. The SMILES string of the molecule is CCN(C(C)CN(C)C)S(=O)(=O)CC1CCCNC1. The molecule has 6 heteroatoms. The van der Waals surface area contributed by atoms with E-state index in [1.165, 1.54) is 0 Å². The maximum absolute atomic E-state index is 12.5. The molecule has 0 bridgehead atoms. The summed E-state index contributed by atoms with van der Waals surface area (Å²) in [5.74, 6) is 0.547. The summed E-state index contributed by atoms with van der Waals surface area (Å²) in [7, 11) is 0.798. The number of likely N-dealkylation sites (N-methyl/N-ethyl adjacent to an activating group) is 2. The third-order valence-corrected chi connectivity index (χ3v) is 5.86. The molecule has 1 N–H and O–H groups in total. The van der Waals surface area contributed by atoms with E-state index in [-0.39, 0.29) is 17.7 Å². The largest absolute Gasteiger partial charge is 0.316 e. The summed E-state index contributed by atoms with van der Waals surface area (Å²) in [5, 5.41) is 3.28. The molecule has 5 nitrogen and oxygen atoms in total. The Kier molecular flexibility index (Phi) is 6.73. The van der Waals surface area contributed by atoms with Gasteiger partial charge in [0.05, 0.1) is 5.75 Å². The molecule has 0 saturated carbocycles. The number of hydrogen-bond donors (Lipinski definition) is 1. The molecule has 2 unspecified atom stereocenters. The van der Waals surface area contributed by atoms with Gasteiger partial charge in [-0.25, -0.2) is 8.42 Å². The summed E-state index contributed by atoms with van der Waals surface area (Å²) >= 11 is 0. The van der Waals surface area contributed by atoms with Crippen molar-refractivity contribution in [1.29, 1.82) is 0 Å². The Morgan fingerprint density at radius 3 is 2.53 bits per heavy atom. The molecule has 1 heterocycles. The zero-order valence-electron chi connectivity index (χ0n) is 12.7. The maximum Gasteiger partial charge on any atom is 0.214 e. The molecular weight excluding hydrogens is 262 g/mol. The summed E-state index contributed by atoms with van der Waals surface area (Å²) in [6, 6.07) is 0.0292. The molecule has 1 rings (SSSR count). The van der Waals surface area contributed by atoms with Crippen molar-refractivity contribution in [2.45, 2.75) is 32.7 Å². The fourth-order valence-electron chi connectivity index (χ4n) is 2.86. The lowest BCUT2D eigenvalue weighted by Gasteiger charge is -2.31. The van der Waals surface area contributed by atoms with Crippen molar-refractivity contribution in [2.75, 3.05) is 46.0 Å². The summed E-state index contributed by atoms with van der Waals surface area (Å²) in [4.78, 5) is 2.03. The van der Waals surface area contributed by atoms with E-state index < -0.39 is 10.0 Å². The van der Waals surface area contributed by atoms with Gasteiger partial charge in [-0.3, -0.25) is 0 Å². The van der Waals surface area contributed by atoms with Crippen molar-refractivity contribution in [3.8, 4) is 0 Å². The van der Waals surface area contributed by atoms with E-state index in [2.05, 4.69) is 5.32 Å². The van der Waals surface area contributed by atoms with Gasteiger partial charge in [-0.05, 0) is 52.9 Å². The molecule has 0 aromatic heterocycles. The molecule has 19 heavy (non-hydrogen) atoms. The van der Waals surface area contributed by atoms with Crippen molar-refractivity contribution < 1.29 is 8.42 Å². The van der Waals surface area contributed by atoms with Gasteiger partial charge in [0.1, 0.15) is 0 Å². The minimum atomic E-state index is -3.15. The molecule has 0 aliphatic carbocycles. The van der Waals surface area contributed by atoms with Crippen LogP contribution in [0.25, 0.3) is 0 Å². The monoisotopic (exact) mass is 291 g/mol. The first-order chi connectivity index (χ1) is 8.86. The van der Waals surface area contributed by atoms with Gasteiger partial charge in [-0.1, -0.05) is 6.92 Å². The Morgan fingerprint density at radius 1 is 1.37 bits per heavy atom. The zero-order valence-corrected chi connectivity index (χ0v) is 13.5. The summed E-state index contributed by atoms with van der Waals surface area (Å²) in [6.45, 7) is 7.07. The molecule has 0 amide bonds. The molecule has 0 spiro atoms. The third-order valence-electron chi connectivity index (χ3n) is 3.64. The zero-order chi connectivity index (χ0) is 14.5. The van der Waals surface area contributed by atoms with Gasteiger partial charge < -0.3 is 10.2 Å². The van der Waals surface area contributed by atoms with Crippen LogP contribution in [0.1, 0.15) is 26.7 Å². The molecule has 2 atom stereocenters. The van der Waals surface area contributed by atoms with Crippen LogP contribution in [0.3, 0.4) is 0 Å². The van der Waals surface area contributed by atoms with Crippen LogP contribution in [0.2, 0.25) is 0 Å². The average molecular weight is 291 g/mol. The Morgan fingerprint density at radius 2 is 2.05 bits per heavy atom. The highest BCUT2D eigenvalue weighted by molar-refractivity contribution is 7.89. The fourth-order valence-corrected chi connectivity index (χ4v) is 4.94. The van der Waals surface area contributed by atoms with Crippen molar-refractivity contribution in [3.63, 3.8) is 0 Å². The second-order valence-electron chi connectivity index (χ2n) is 5.81. The minimum absolute atomic E-state index is 0.0292. The number of piperidine rings is 1. The lowest BCUT2D eigenvalue weighted by molar-refractivity contribution is 0.269. The van der Waals surface area contributed by atoms with E-state index in [1.807, 2.05) is 32.8 Å². The van der Waals surface area contributed by atoms with Crippen LogP contribution in [0.15, 0.2) is 0 Å². The first-order valence-corrected chi connectivity index (χ1v) is 8.82. The minimum Gasteiger partial charge on any atom is -0.316 e. The molecule has 0 aromatic rings. The van der Waals surface area contributed by atoms with Crippen LogP contribution in [0.5, 0.6) is 0 Å². The second-order valence-corrected chi connectivity index (χ2v) is 7.77. The predicted molar refractivity (Wildman–Crippen MR) is 79.8 cm³/mol. The van der Waals surface area contributed by atoms with Crippen LogP contribution in [-0.4, -0.2) is 69.7 Å². The van der Waals surface area contributed by atoms with E-state index >= 15 is 0 Å². The van der Waals surface area contributed by atoms with Crippen molar-refractivity contribution >= 4 is 10.0 Å². The van der Waals surface area contributed by atoms with E-state index in [0.29, 0.717) is 6.54 Å². The molecule has 1 fully saturated rings. The normalized spacial score (nSPS) is 22.9. The number of rotatable bonds is 7. The van der Waals surface area contributed by atoms with Crippen LogP contribution >= 0.6 is 0 Å². The molecule has 0 radical (unpaired) electrons. The smallest absolute Gasteiger partial charge is 0.214 e. The highest BCUT2D eigenvalue weighted by Gasteiger charge is 2.29. The quantitative estimate of drug-likeness (QED) is 0.746. The summed E-state index contributed by atoms with van der Waals surface area (Å²) in [5.41, 5.74) is 0. The highest BCUT2D eigenvalue weighted by Crippen LogP contribution is 2.17. The number of nitrogens with one attached hydrogen (secondary N) is 1. The second kappa shape index (κ2) is 7.57. The molecule has 1 aliphatic heterocycles. The van der Waals surface area contributed by atoms with Crippen LogP contribution in [-0.2, 0) is 10.0 Å². The molecule has 1 aliphatic rings. The third kappa shape index (κ3) is 5.38. The molecule has 114 valence electrons. The predicted octanol–water partition coefficient (Wildman–Crippen LogP) is 0.588. The van der Waals surface area contributed by atoms with Crippen molar-refractivity contribution in [3.05, 3.63) is 0 Å². The Bertz CT molecular complexity index is 351. The topological polar surface area (TPSA) is 52.7 Å². The lowest BCUT2D eigenvalue weighted by atomic mass is 10.0. The van der Waals surface area contributed by atoms with Gasteiger partial charge in [0, 0.05) is 19.1 Å². The van der Waals surface area contributed by atoms with Gasteiger partial charge >= 0.3 is 0 Å². The standard InChI is InChI=1S/C13H29N3O2S/c1-5-16(12(2)10-15(3)4)19(17,18)11-13-7-6-8-14-9-13/h12-14H,5-11H2,1-4H3. The first kappa shape index (κ1) is 16.9. The summed E-state index contributed by atoms with van der Waals surface area (Å²) in [6.07, 6.45) is 2.10. The van der Waals surface area contributed by atoms with Crippen molar-refractivity contribution in [2.24, 2.45) is 5.92 Å². The van der Waals surface area contributed by atoms with E-state index in [4.69, 9.17) is 0 Å². The van der Waals surface area contributed by atoms with Gasteiger partial charge in [-0.15, -0.1) is 0 Å². The van der Waals surface area contributed by atoms with Crippen molar-refractivity contribution in [1.82, 2.24) is 14.5 Å². The Hall–Kier alpha value is -0.170. The van der Waals surface area contributed by atoms with Gasteiger partial charge in [0.25, 0.3) is 0 Å². The number of nitrogens with zero attached hydrogens (tertiary/aromatic N) is 2. The first-order valence-electron chi connectivity index (χ1n) is 7.21. The average Bonchev–Trinajstić information content (AvgIpc) is 2.28. The summed E-state index contributed by atoms with van der Waals surface area (Å²) < 4.78 is 26.7. The van der Waals surface area contributed by atoms with E-state index in [0.717, 1.165) is 32.5 Å². The van der Waals surface area contributed by atoms with Crippen LogP contribution < -0.4 is 5.32 Å². The van der Waals surface area contributed by atoms with Crippen LogP contribution in [0, 0.1) is 5.92 Å². The lowest BCUT2D eigenvalue weighted by Crippen LogP contribution is -2.46. The van der Waals surface area contributed by atoms with E-state index in [9.17, 15) is 8.42 Å². The number of hydrogen-bond acceptors (Lipinski definition) is 4. The van der Waals surface area contributed by atoms with Gasteiger partial charge in [-0.2, -0.15) is 4.31 Å². The molecular formula is C13H29N3O2S. The number of sulfonamides is 1. The van der Waals surface area contributed by atoms with Gasteiger partial charge in [0.2, 0.25) is 10.0 Å². The fraction of sp³-hybridized carbons (Fsp3) is 1.00. The van der Waals surface area contributed by atoms with Gasteiger partial charge in [0.15, 0.2) is 0 Å². The Balaban J connectivity index is 2.65.